The number of benzene rings is 2. The Kier molecular flexibility index (Phi) is 3.44. The zero-order chi connectivity index (χ0) is 15.7. The minimum absolute atomic E-state index is 0.0612. The van der Waals surface area contributed by atoms with Gasteiger partial charge in [-0.2, -0.15) is 13.2 Å². The van der Waals surface area contributed by atoms with Crippen molar-refractivity contribution in [2.75, 3.05) is 5.73 Å². The SMILES string of the molecule is Nc1cccc2occ(COc3ccccc3C(F)(F)F)c12. The fourth-order valence-corrected chi connectivity index (χ4v) is 2.27. The van der Waals surface area contributed by atoms with Crippen LogP contribution in [0.2, 0.25) is 0 Å². The van der Waals surface area contributed by atoms with Crippen molar-refractivity contribution < 1.29 is 22.3 Å². The lowest BCUT2D eigenvalue weighted by atomic mass is 10.1. The molecule has 0 unspecified atom stereocenters. The Labute approximate surface area is 124 Å². The largest absolute Gasteiger partial charge is 0.488 e. The molecule has 0 spiro atoms. The maximum atomic E-state index is 12.9. The van der Waals surface area contributed by atoms with Gasteiger partial charge in [-0.25, -0.2) is 0 Å². The minimum atomic E-state index is -4.46. The van der Waals surface area contributed by atoms with Crippen molar-refractivity contribution in [3.05, 3.63) is 59.9 Å². The second kappa shape index (κ2) is 5.29. The molecule has 0 aliphatic rings. The number of anilines is 1. The van der Waals surface area contributed by atoms with Gasteiger partial charge in [0.1, 0.15) is 17.9 Å². The number of halogens is 3. The Hall–Kier alpha value is -2.63. The van der Waals surface area contributed by atoms with Crippen LogP contribution in [0.1, 0.15) is 11.1 Å². The van der Waals surface area contributed by atoms with Gasteiger partial charge >= 0.3 is 6.18 Å². The van der Waals surface area contributed by atoms with Crippen LogP contribution in [0.3, 0.4) is 0 Å². The number of furan rings is 1. The quantitative estimate of drug-likeness (QED) is 0.719. The van der Waals surface area contributed by atoms with E-state index in [1.54, 1.807) is 18.2 Å². The second-order valence-corrected chi connectivity index (χ2v) is 4.76. The van der Waals surface area contributed by atoms with Crippen molar-refractivity contribution in [3.8, 4) is 5.75 Å². The van der Waals surface area contributed by atoms with Crippen LogP contribution in [-0.4, -0.2) is 0 Å². The van der Waals surface area contributed by atoms with E-state index in [9.17, 15) is 13.2 Å². The summed E-state index contributed by atoms with van der Waals surface area (Å²) >= 11 is 0. The fraction of sp³-hybridized carbons (Fsp3) is 0.125. The zero-order valence-corrected chi connectivity index (χ0v) is 11.4. The molecule has 2 N–H and O–H groups in total. The first-order valence-electron chi connectivity index (χ1n) is 6.50. The summed E-state index contributed by atoms with van der Waals surface area (Å²) in [4.78, 5) is 0. The van der Waals surface area contributed by atoms with Crippen molar-refractivity contribution in [2.24, 2.45) is 0 Å². The maximum absolute atomic E-state index is 12.9. The van der Waals surface area contributed by atoms with Crippen molar-refractivity contribution >= 4 is 16.7 Å². The van der Waals surface area contributed by atoms with Crippen molar-refractivity contribution in [1.82, 2.24) is 0 Å². The molecule has 0 amide bonds. The molecule has 0 saturated heterocycles. The molecule has 0 fully saturated rings. The predicted molar refractivity (Wildman–Crippen MR) is 76.4 cm³/mol. The average molecular weight is 307 g/mol. The van der Waals surface area contributed by atoms with Gasteiger partial charge in [0, 0.05) is 16.6 Å². The Bertz CT molecular complexity index is 809. The van der Waals surface area contributed by atoms with E-state index < -0.39 is 11.7 Å². The summed E-state index contributed by atoms with van der Waals surface area (Å²) in [6, 6.07) is 10.3. The van der Waals surface area contributed by atoms with Gasteiger partial charge in [-0.3, -0.25) is 0 Å². The number of fused-ring (bicyclic) bond motifs is 1. The Morgan fingerprint density at radius 1 is 1.05 bits per heavy atom. The van der Waals surface area contributed by atoms with Crippen molar-refractivity contribution in [1.29, 1.82) is 0 Å². The monoisotopic (exact) mass is 307 g/mol. The summed E-state index contributed by atoms with van der Waals surface area (Å²) in [5.41, 5.74) is 6.73. The van der Waals surface area contributed by atoms with Gasteiger partial charge in [0.25, 0.3) is 0 Å². The molecule has 1 aromatic heterocycles. The van der Waals surface area contributed by atoms with Gasteiger partial charge in [0.2, 0.25) is 0 Å². The molecule has 2 aromatic carbocycles. The number of alkyl halides is 3. The molecule has 0 radical (unpaired) electrons. The predicted octanol–water partition coefficient (Wildman–Crippen LogP) is 4.61. The lowest BCUT2D eigenvalue weighted by molar-refractivity contribution is -0.139. The van der Waals surface area contributed by atoms with Gasteiger partial charge in [-0.15, -0.1) is 0 Å². The van der Waals surface area contributed by atoms with Crippen LogP contribution in [0, 0.1) is 0 Å². The normalized spacial score (nSPS) is 11.8. The van der Waals surface area contributed by atoms with E-state index in [4.69, 9.17) is 14.9 Å². The molecule has 0 atom stereocenters. The third-order valence-electron chi connectivity index (χ3n) is 3.28. The molecule has 0 bridgehead atoms. The molecule has 0 aliphatic carbocycles. The van der Waals surface area contributed by atoms with Crippen molar-refractivity contribution in [2.45, 2.75) is 12.8 Å². The molecule has 3 nitrogen and oxygen atoms in total. The van der Waals surface area contributed by atoms with Gasteiger partial charge < -0.3 is 14.9 Å². The molecule has 22 heavy (non-hydrogen) atoms. The van der Waals surface area contributed by atoms with E-state index in [0.717, 1.165) is 6.07 Å². The Morgan fingerprint density at radius 3 is 2.59 bits per heavy atom. The smallest absolute Gasteiger partial charge is 0.419 e. The summed E-state index contributed by atoms with van der Waals surface area (Å²) in [5.74, 6) is -0.223. The fourth-order valence-electron chi connectivity index (χ4n) is 2.27. The molecule has 3 rings (SSSR count). The number of hydrogen-bond donors (Lipinski definition) is 1. The lowest BCUT2D eigenvalue weighted by Crippen LogP contribution is -2.08. The van der Waals surface area contributed by atoms with Crippen LogP contribution >= 0.6 is 0 Å². The third kappa shape index (κ3) is 2.59. The highest BCUT2D eigenvalue weighted by Gasteiger charge is 2.34. The maximum Gasteiger partial charge on any atom is 0.419 e. The summed E-state index contributed by atoms with van der Waals surface area (Å²) in [6.45, 7) is -0.0612. The van der Waals surface area contributed by atoms with Crippen LogP contribution in [0.5, 0.6) is 5.75 Å². The molecular formula is C16H12F3NO2. The van der Waals surface area contributed by atoms with Crippen molar-refractivity contribution in [3.63, 3.8) is 0 Å². The molecule has 6 heteroatoms. The Balaban J connectivity index is 1.90. The van der Waals surface area contributed by atoms with Crippen LogP contribution in [-0.2, 0) is 12.8 Å². The van der Waals surface area contributed by atoms with E-state index in [1.165, 1.54) is 24.5 Å². The molecule has 1 heterocycles. The second-order valence-electron chi connectivity index (χ2n) is 4.76. The van der Waals surface area contributed by atoms with E-state index in [0.29, 0.717) is 22.2 Å². The van der Waals surface area contributed by atoms with Crippen LogP contribution < -0.4 is 10.5 Å². The number of para-hydroxylation sites is 1. The average Bonchev–Trinajstić information content (AvgIpc) is 2.89. The summed E-state index contributed by atoms with van der Waals surface area (Å²) in [5, 5.41) is 0.659. The van der Waals surface area contributed by atoms with E-state index in [-0.39, 0.29) is 12.4 Å². The zero-order valence-electron chi connectivity index (χ0n) is 11.4. The summed E-state index contributed by atoms with van der Waals surface area (Å²) in [6.07, 6.45) is -3.02. The third-order valence-corrected chi connectivity index (χ3v) is 3.28. The summed E-state index contributed by atoms with van der Waals surface area (Å²) < 4.78 is 49.4. The highest BCUT2D eigenvalue weighted by Crippen LogP contribution is 2.36. The Morgan fingerprint density at radius 2 is 1.82 bits per heavy atom. The first-order chi connectivity index (χ1) is 10.5. The van der Waals surface area contributed by atoms with Gasteiger partial charge in [0.05, 0.1) is 11.8 Å². The first-order valence-corrected chi connectivity index (χ1v) is 6.50. The van der Waals surface area contributed by atoms with Crippen LogP contribution in [0.4, 0.5) is 18.9 Å². The van der Waals surface area contributed by atoms with Crippen LogP contribution in [0.15, 0.2) is 53.1 Å². The number of ether oxygens (including phenoxy) is 1. The van der Waals surface area contributed by atoms with Gasteiger partial charge in [-0.1, -0.05) is 18.2 Å². The molecule has 114 valence electrons. The summed E-state index contributed by atoms with van der Waals surface area (Å²) in [7, 11) is 0. The van der Waals surface area contributed by atoms with E-state index in [1.807, 2.05) is 0 Å². The number of nitrogen functional groups attached to an aromatic ring is 1. The topological polar surface area (TPSA) is 48.4 Å². The highest BCUT2D eigenvalue weighted by molar-refractivity contribution is 5.92. The number of rotatable bonds is 3. The number of nitrogens with two attached hydrogens (primary N) is 1. The minimum Gasteiger partial charge on any atom is -0.488 e. The van der Waals surface area contributed by atoms with E-state index >= 15 is 0 Å². The van der Waals surface area contributed by atoms with Gasteiger partial charge in [-0.05, 0) is 24.3 Å². The molecule has 3 aromatic rings. The highest BCUT2D eigenvalue weighted by atomic mass is 19.4. The molecule has 0 aliphatic heterocycles. The van der Waals surface area contributed by atoms with E-state index in [2.05, 4.69) is 0 Å². The standard InChI is InChI=1S/C16H12F3NO2/c17-16(18,19)11-4-1-2-6-13(11)21-8-10-9-22-14-7-3-5-12(20)15(10)14/h1-7,9H,8,20H2. The first kappa shape index (κ1) is 14.3. The molecular weight excluding hydrogens is 295 g/mol. The number of hydrogen-bond acceptors (Lipinski definition) is 3. The lowest BCUT2D eigenvalue weighted by Gasteiger charge is -2.13. The van der Waals surface area contributed by atoms with Crippen LogP contribution in [0.25, 0.3) is 11.0 Å². The molecule has 0 saturated carbocycles. The van der Waals surface area contributed by atoms with Gasteiger partial charge in [0.15, 0.2) is 0 Å².